The summed E-state index contributed by atoms with van der Waals surface area (Å²) in [6.07, 6.45) is 7.52. The summed E-state index contributed by atoms with van der Waals surface area (Å²) in [6, 6.07) is 11.6. The van der Waals surface area contributed by atoms with Gasteiger partial charge in [0.1, 0.15) is 0 Å². The Morgan fingerprint density at radius 2 is 1.86 bits per heavy atom. The molecule has 0 bridgehead atoms. The molecular formula is C26H31NO2. The Kier molecular flexibility index (Phi) is 5.97. The molecule has 2 aromatic rings. The van der Waals surface area contributed by atoms with Crippen LogP contribution in [0, 0.1) is 12.8 Å². The van der Waals surface area contributed by atoms with Crippen molar-refractivity contribution in [3.05, 3.63) is 75.9 Å². The molecule has 0 unspecified atom stereocenters. The number of carboxylic acids is 1. The third kappa shape index (κ3) is 4.79. The van der Waals surface area contributed by atoms with Gasteiger partial charge in [-0.2, -0.15) is 0 Å². The van der Waals surface area contributed by atoms with E-state index in [0.29, 0.717) is 11.5 Å². The minimum absolute atomic E-state index is 0.123. The van der Waals surface area contributed by atoms with E-state index in [0.717, 1.165) is 18.5 Å². The van der Waals surface area contributed by atoms with E-state index in [1.165, 1.54) is 28.0 Å². The van der Waals surface area contributed by atoms with Crippen LogP contribution >= 0.6 is 0 Å². The zero-order chi connectivity index (χ0) is 21.2. The van der Waals surface area contributed by atoms with E-state index in [1.807, 2.05) is 18.2 Å². The average molecular weight is 390 g/mol. The molecule has 3 nitrogen and oxygen atoms in total. The molecule has 29 heavy (non-hydrogen) atoms. The predicted octanol–water partition coefficient (Wildman–Crippen LogP) is 6.13. The van der Waals surface area contributed by atoms with E-state index in [2.05, 4.69) is 64.2 Å². The minimum Gasteiger partial charge on any atom is -0.478 e. The van der Waals surface area contributed by atoms with Crippen molar-refractivity contribution in [1.29, 1.82) is 0 Å². The smallest absolute Gasteiger partial charge is 0.335 e. The summed E-state index contributed by atoms with van der Waals surface area (Å²) in [6.45, 7) is 12.2. The molecule has 3 rings (SSSR count). The van der Waals surface area contributed by atoms with Gasteiger partial charge in [-0.25, -0.2) is 4.79 Å². The molecule has 0 amide bonds. The average Bonchev–Trinajstić information content (AvgIpc) is 2.66. The van der Waals surface area contributed by atoms with E-state index in [4.69, 9.17) is 5.11 Å². The van der Waals surface area contributed by atoms with Crippen molar-refractivity contribution in [2.75, 3.05) is 6.54 Å². The molecule has 0 heterocycles. The number of carboxylic acid groups (broad SMARTS) is 1. The Morgan fingerprint density at radius 3 is 2.48 bits per heavy atom. The summed E-state index contributed by atoms with van der Waals surface area (Å²) in [5.74, 6) is -0.310. The van der Waals surface area contributed by atoms with E-state index in [-0.39, 0.29) is 5.41 Å². The van der Waals surface area contributed by atoms with Crippen molar-refractivity contribution in [2.45, 2.75) is 46.5 Å². The fourth-order valence-corrected chi connectivity index (χ4v) is 3.67. The number of aromatic carboxylic acids is 1. The zero-order valence-corrected chi connectivity index (χ0v) is 18.0. The predicted molar refractivity (Wildman–Crippen MR) is 122 cm³/mol. The lowest BCUT2D eigenvalue weighted by Gasteiger charge is -2.33. The molecular weight excluding hydrogens is 358 g/mol. The lowest BCUT2D eigenvalue weighted by molar-refractivity contribution is 0.0697. The van der Waals surface area contributed by atoms with Gasteiger partial charge in [0.15, 0.2) is 0 Å². The van der Waals surface area contributed by atoms with Crippen molar-refractivity contribution < 1.29 is 9.90 Å². The first-order valence-corrected chi connectivity index (χ1v) is 10.3. The second kappa shape index (κ2) is 8.28. The third-order valence-corrected chi connectivity index (χ3v) is 5.56. The lowest BCUT2D eigenvalue weighted by Crippen LogP contribution is -2.27. The van der Waals surface area contributed by atoms with E-state index >= 15 is 0 Å². The van der Waals surface area contributed by atoms with Gasteiger partial charge in [-0.1, -0.05) is 64.1 Å². The van der Waals surface area contributed by atoms with Crippen LogP contribution in [0.5, 0.6) is 0 Å². The molecule has 0 saturated carbocycles. The molecule has 1 aliphatic rings. The molecule has 0 radical (unpaired) electrons. The SMILES string of the molecule is Cc1cc2c(cc1C=Cc1ccc(C(=O)O)cc1)C(NCC(C)C)=CCC2(C)C. The highest BCUT2D eigenvalue weighted by atomic mass is 16.4. The first-order chi connectivity index (χ1) is 13.7. The van der Waals surface area contributed by atoms with Crippen LogP contribution in [-0.2, 0) is 5.41 Å². The van der Waals surface area contributed by atoms with Crippen LogP contribution in [0.15, 0.2) is 42.5 Å². The highest BCUT2D eigenvalue weighted by Gasteiger charge is 2.28. The summed E-state index contributed by atoms with van der Waals surface area (Å²) >= 11 is 0. The first-order valence-electron chi connectivity index (χ1n) is 10.3. The number of nitrogens with one attached hydrogen (secondary N) is 1. The highest BCUT2D eigenvalue weighted by molar-refractivity contribution is 5.88. The quantitative estimate of drug-likeness (QED) is 0.584. The van der Waals surface area contributed by atoms with Crippen molar-refractivity contribution in [2.24, 2.45) is 5.92 Å². The topological polar surface area (TPSA) is 49.3 Å². The van der Waals surface area contributed by atoms with E-state index in [9.17, 15) is 4.79 Å². The second-order valence-corrected chi connectivity index (χ2v) is 9.00. The number of hydrogen-bond donors (Lipinski definition) is 2. The number of fused-ring (bicyclic) bond motifs is 1. The standard InChI is InChI=1S/C26H31NO2/c1-17(2)16-27-24-12-13-26(4,5)23-14-18(3)21(15-22(23)24)11-8-19-6-9-20(10-7-19)25(28)29/h6-12,14-15,17,27H,13,16H2,1-5H3,(H,28,29). The molecule has 3 heteroatoms. The number of allylic oxidation sites excluding steroid dienone is 1. The third-order valence-electron chi connectivity index (χ3n) is 5.56. The molecule has 0 fully saturated rings. The zero-order valence-electron chi connectivity index (χ0n) is 18.0. The normalized spacial score (nSPS) is 15.3. The van der Waals surface area contributed by atoms with Gasteiger partial charge in [0.2, 0.25) is 0 Å². The molecule has 152 valence electrons. The second-order valence-electron chi connectivity index (χ2n) is 9.00. The number of hydrogen-bond acceptors (Lipinski definition) is 2. The Labute approximate surface area is 174 Å². The summed E-state index contributed by atoms with van der Waals surface area (Å²) in [7, 11) is 0. The highest BCUT2D eigenvalue weighted by Crippen LogP contribution is 2.39. The van der Waals surface area contributed by atoms with Crippen molar-refractivity contribution in [3.8, 4) is 0 Å². The molecule has 2 N–H and O–H groups in total. The number of carbonyl (C=O) groups is 1. The Bertz CT molecular complexity index is 963. The summed E-state index contributed by atoms with van der Waals surface area (Å²) in [5.41, 5.74) is 7.76. The van der Waals surface area contributed by atoms with Crippen LogP contribution in [-0.4, -0.2) is 17.6 Å². The maximum Gasteiger partial charge on any atom is 0.335 e. The Balaban J connectivity index is 1.94. The van der Waals surface area contributed by atoms with Gasteiger partial charge >= 0.3 is 5.97 Å². The molecule has 0 aliphatic heterocycles. The molecule has 0 aromatic heterocycles. The van der Waals surface area contributed by atoms with Gasteiger partial charge in [0.25, 0.3) is 0 Å². The number of benzene rings is 2. The van der Waals surface area contributed by atoms with Crippen LogP contribution in [0.25, 0.3) is 17.8 Å². The summed E-state index contributed by atoms with van der Waals surface area (Å²) in [5, 5.41) is 12.7. The van der Waals surface area contributed by atoms with E-state index in [1.54, 1.807) is 12.1 Å². The van der Waals surface area contributed by atoms with Crippen LogP contribution in [0.1, 0.15) is 72.3 Å². The van der Waals surface area contributed by atoms with Crippen molar-refractivity contribution >= 4 is 23.8 Å². The maximum atomic E-state index is 11.0. The van der Waals surface area contributed by atoms with Gasteiger partial charge in [-0.3, -0.25) is 0 Å². The largest absolute Gasteiger partial charge is 0.478 e. The maximum absolute atomic E-state index is 11.0. The summed E-state index contributed by atoms with van der Waals surface area (Å²) in [4.78, 5) is 11.0. The van der Waals surface area contributed by atoms with Crippen LogP contribution in [0.3, 0.4) is 0 Å². The molecule has 0 saturated heterocycles. The fourth-order valence-electron chi connectivity index (χ4n) is 3.67. The molecule has 0 atom stereocenters. The lowest BCUT2D eigenvalue weighted by atomic mass is 9.73. The van der Waals surface area contributed by atoms with Crippen LogP contribution in [0.2, 0.25) is 0 Å². The van der Waals surface area contributed by atoms with Crippen LogP contribution < -0.4 is 5.32 Å². The van der Waals surface area contributed by atoms with Gasteiger partial charge in [0.05, 0.1) is 5.56 Å². The van der Waals surface area contributed by atoms with E-state index < -0.39 is 5.97 Å². The first kappa shape index (κ1) is 20.9. The molecule has 1 aliphatic carbocycles. The number of rotatable bonds is 6. The van der Waals surface area contributed by atoms with Crippen LogP contribution in [0.4, 0.5) is 0 Å². The monoisotopic (exact) mass is 389 g/mol. The van der Waals surface area contributed by atoms with Crippen molar-refractivity contribution in [3.63, 3.8) is 0 Å². The Morgan fingerprint density at radius 1 is 1.17 bits per heavy atom. The van der Waals surface area contributed by atoms with Crippen molar-refractivity contribution in [1.82, 2.24) is 5.32 Å². The van der Waals surface area contributed by atoms with Gasteiger partial charge in [-0.05, 0) is 65.1 Å². The van der Waals surface area contributed by atoms with Gasteiger partial charge in [-0.15, -0.1) is 0 Å². The van der Waals surface area contributed by atoms with Gasteiger partial charge < -0.3 is 10.4 Å². The number of aryl methyl sites for hydroxylation is 1. The Hall–Kier alpha value is -2.81. The minimum atomic E-state index is -0.901. The summed E-state index contributed by atoms with van der Waals surface area (Å²) < 4.78 is 0. The molecule has 2 aromatic carbocycles. The molecule has 0 spiro atoms. The van der Waals surface area contributed by atoms with Gasteiger partial charge in [0, 0.05) is 17.8 Å². The fraction of sp³-hybridized carbons (Fsp3) is 0.346.